The predicted molar refractivity (Wildman–Crippen MR) is 88.3 cm³/mol. The van der Waals surface area contributed by atoms with E-state index in [1.165, 1.54) is 0 Å². The zero-order valence-electron chi connectivity index (χ0n) is 13.1. The number of benzene rings is 2. The van der Waals surface area contributed by atoms with Crippen molar-refractivity contribution < 1.29 is 14.2 Å². The molecule has 0 aliphatic heterocycles. The Hall–Kier alpha value is -2.26. The standard InChI is InChI=1S/C19H22O3/c1-4-19(15(2)22-18-8-6-5-7-9-18)21-14-16-10-12-17(20-3)13-11-16/h4-13,15,19H,1,14H2,2-3H3. The van der Waals surface area contributed by atoms with E-state index in [0.29, 0.717) is 6.61 Å². The van der Waals surface area contributed by atoms with Crippen molar-refractivity contribution in [2.75, 3.05) is 7.11 Å². The molecule has 2 rings (SSSR count). The monoisotopic (exact) mass is 298 g/mol. The fraction of sp³-hybridized carbons (Fsp3) is 0.263. The van der Waals surface area contributed by atoms with E-state index in [1.54, 1.807) is 13.2 Å². The molecule has 2 atom stereocenters. The number of ether oxygens (including phenoxy) is 3. The topological polar surface area (TPSA) is 27.7 Å². The second-order valence-electron chi connectivity index (χ2n) is 5.00. The normalized spacial score (nSPS) is 13.2. The lowest BCUT2D eigenvalue weighted by atomic mass is 10.2. The molecule has 3 nitrogen and oxygen atoms in total. The fourth-order valence-electron chi connectivity index (χ4n) is 2.09. The number of hydrogen-bond acceptors (Lipinski definition) is 3. The van der Waals surface area contributed by atoms with Crippen LogP contribution in [0.5, 0.6) is 11.5 Å². The van der Waals surface area contributed by atoms with E-state index in [9.17, 15) is 0 Å². The molecule has 0 aliphatic carbocycles. The Labute approximate surface area is 132 Å². The van der Waals surface area contributed by atoms with Crippen molar-refractivity contribution >= 4 is 0 Å². The van der Waals surface area contributed by atoms with Gasteiger partial charge in [-0.05, 0) is 36.8 Å². The molecular formula is C19H22O3. The highest BCUT2D eigenvalue weighted by Crippen LogP contribution is 2.17. The summed E-state index contributed by atoms with van der Waals surface area (Å²) in [4.78, 5) is 0. The summed E-state index contributed by atoms with van der Waals surface area (Å²) in [5.41, 5.74) is 1.08. The van der Waals surface area contributed by atoms with Crippen LogP contribution < -0.4 is 9.47 Å². The quantitative estimate of drug-likeness (QED) is 0.682. The maximum atomic E-state index is 5.90. The number of para-hydroxylation sites is 1. The van der Waals surface area contributed by atoms with E-state index in [2.05, 4.69) is 6.58 Å². The third kappa shape index (κ3) is 4.64. The summed E-state index contributed by atoms with van der Waals surface area (Å²) >= 11 is 0. The molecule has 2 aromatic carbocycles. The van der Waals surface area contributed by atoms with Gasteiger partial charge in [0.1, 0.15) is 23.7 Å². The van der Waals surface area contributed by atoms with Gasteiger partial charge in [-0.2, -0.15) is 0 Å². The lowest BCUT2D eigenvalue weighted by molar-refractivity contribution is 0.000956. The lowest BCUT2D eigenvalue weighted by Crippen LogP contribution is -2.29. The van der Waals surface area contributed by atoms with Gasteiger partial charge in [0, 0.05) is 0 Å². The highest BCUT2D eigenvalue weighted by atomic mass is 16.5. The third-order valence-corrected chi connectivity index (χ3v) is 3.36. The SMILES string of the molecule is C=CC(OCc1ccc(OC)cc1)C(C)Oc1ccccc1. The molecule has 0 aromatic heterocycles. The van der Waals surface area contributed by atoms with Crippen LogP contribution in [-0.4, -0.2) is 19.3 Å². The van der Waals surface area contributed by atoms with Crippen LogP contribution >= 0.6 is 0 Å². The van der Waals surface area contributed by atoms with Gasteiger partial charge < -0.3 is 14.2 Å². The largest absolute Gasteiger partial charge is 0.497 e. The minimum Gasteiger partial charge on any atom is -0.497 e. The molecule has 0 saturated carbocycles. The van der Waals surface area contributed by atoms with Crippen LogP contribution in [-0.2, 0) is 11.3 Å². The van der Waals surface area contributed by atoms with Crippen molar-refractivity contribution in [2.45, 2.75) is 25.7 Å². The van der Waals surface area contributed by atoms with Crippen LogP contribution in [0.15, 0.2) is 67.3 Å². The van der Waals surface area contributed by atoms with Gasteiger partial charge in [0.15, 0.2) is 0 Å². The molecule has 0 N–H and O–H groups in total. The van der Waals surface area contributed by atoms with E-state index in [1.807, 2.05) is 61.5 Å². The Kier molecular flexibility index (Phi) is 6.04. The van der Waals surface area contributed by atoms with Gasteiger partial charge in [0.25, 0.3) is 0 Å². The molecule has 2 aromatic rings. The first-order chi connectivity index (χ1) is 10.7. The summed E-state index contributed by atoms with van der Waals surface area (Å²) in [6, 6.07) is 17.5. The average Bonchev–Trinajstić information content (AvgIpc) is 2.57. The van der Waals surface area contributed by atoms with Crippen LogP contribution in [0, 0.1) is 0 Å². The third-order valence-electron chi connectivity index (χ3n) is 3.36. The second kappa shape index (κ2) is 8.25. The fourth-order valence-corrected chi connectivity index (χ4v) is 2.09. The lowest BCUT2D eigenvalue weighted by Gasteiger charge is -2.22. The minimum atomic E-state index is -0.178. The molecule has 0 amide bonds. The summed E-state index contributed by atoms with van der Waals surface area (Å²) in [7, 11) is 1.65. The second-order valence-corrected chi connectivity index (χ2v) is 5.00. The molecule has 116 valence electrons. The molecule has 22 heavy (non-hydrogen) atoms. The van der Waals surface area contributed by atoms with Crippen LogP contribution in [0.1, 0.15) is 12.5 Å². The first-order valence-electron chi connectivity index (χ1n) is 7.31. The van der Waals surface area contributed by atoms with Gasteiger partial charge in [-0.1, -0.05) is 36.4 Å². The molecular weight excluding hydrogens is 276 g/mol. The number of rotatable bonds is 8. The molecule has 0 fully saturated rings. The van der Waals surface area contributed by atoms with Gasteiger partial charge >= 0.3 is 0 Å². The zero-order chi connectivity index (χ0) is 15.8. The van der Waals surface area contributed by atoms with E-state index in [0.717, 1.165) is 17.1 Å². The van der Waals surface area contributed by atoms with Crippen molar-refractivity contribution in [1.29, 1.82) is 0 Å². The Balaban J connectivity index is 1.89. The van der Waals surface area contributed by atoms with Crippen LogP contribution in [0.2, 0.25) is 0 Å². The van der Waals surface area contributed by atoms with Crippen molar-refractivity contribution in [3.8, 4) is 11.5 Å². The van der Waals surface area contributed by atoms with Gasteiger partial charge in [-0.15, -0.1) is 6.58 Å². The van der Waals surface area contributed by atoms with Crippen molar-refractivity contribution in [1.82, 2.24) is 0 Å². The van der Waals surface area contributed by atoms with E-state index >= 15 is 0 Å². The van der Waals surface area contributed by atoms with Crippen molar-refractivity contribution in [2.24, 2.45) is 0 Å². The first kappa shape index (κ1) is 16.1. The molecule has 0 bridgehead atoms. The maximum Gasteiger partial charge on any atom is 0.126 e. The van der Waals surface area contributed by atoms with E-state index in [-0.39, 0.29) is 12.2 Å². The summed E-state index contributed by atoms with van der Waals surface area (Å²) in [6.07, 6.45) is 1.48. The Bertz CT molecular complexity index is 563. The molecule has 0 heterocycles. The van der Waals surface area contributed by atoms with Crippen LogP contribution in [0.4, 0.5) is 0 Å². The predicted octanol–water partition coefficient (Wildman–Crippen LogP) is 4.23. The Morgan fingerprint density at radius 2 is 1.68 bits per heavy atom. The van der Waals surface area contributed by atoms with Crippen LogP contribution in [0.3, 0.4) is 0 Å². The van der Waals surface area contributed by atoms with Crippen molar-refractivity contribution in [3.63, 3.8) is 0 Å². The van der Waals surface area contributed by atoms with E-state index in [4.69, 9.17) is 14.2 Å². The van der Waals surface area contributed by atoms with E-state index < -0.39 is 0 Å². The average molecular weight is 298 g/mol. The minimum absolute atomic E-state index is 0.113. The summed E-state index contributed by atoms with van der Waals surface area (Å²) in [5.74, 6) is 1.67. The first-order valence-corrected chi connectivity index (χ1v) is 7.31. The van der Waals surface area contributed by atoms with Crippen molar-refractivity contribution in [3.05, 3.63) is 72.8 Å². The number of methoxy groups -OCH3 is 1. The Morgan fingerprint density at radius 1 is 1.00 bits per heavy atom. The summed E-state index contributed by atoms with van der Waals surface area (Å²) in [6.45, 7) is 6.32. The molecule has 2 unspecified atom stereocenters. The highest BCUT2D eigenvalue weighted by molar-refractivity contribution is 5.26. The van der Waals surface area contributed by atoms with Crippen LogP contribution in [0.25, 0.3) is 0 Å². The molecule has 0 saturated heterocycles. The van der Waals surface area contributed by atoms with Gasteiger partial charge in [-0.25, -0.2) is 0 Å². The molecule has 0 aliphatic rings. The highest BCUT2D eigenvalue weighted by Gasteiger charge is 2.16. The number of hydrogen-bond donors (Lipinski definition) is 0. The van der Waals surface area contributed by atoms with Gasteiger partial charge in [-0.3, -0.25) is 0 Å². The van der Waals surface area contributed by atoms with Gasteiger partial charge in [0.2, 0.25) is 0 Å². The smallest absolute Gasteiger partial charge is 0.126 e. The molecule has 3 heteroatoms. The molecule has 0 radical (unpaired) electrons. The Morgan fingerprint density at radius 3 is 2.27 bits per heavy atom. The van der Waals surface area contributed by atoms with Gasteiger partial charge in [0.05, 0.1) is 13.7 Å². The summed E-state index contributed by atoms with van der Waals surface area (Å²) < 4.78 is 16.9. The zero-order valence-corrected chi connectivity index (χ0v) is 13.1. The summed E-state index contributed by atoms with van der Waals surface area (Å²) in [5, 5.41) is 0. The maximum absolute atomic E-state index is 5.90. The molecule has 0 spiro atoms.